The fourth-order valence-electron chi connectivity index (χ4n) is 2.59. The maximum Gasteiger partial charge on any atom is 0.0595 e. The first-order valence-corrected chi connectivity index (χ1v) is 6.71. The van der Waals surface area contributed by atoms with Gasteiger partial charge in [0.2, 0.25) is 0 Å². The van der Waals surface area contributed by atoms with Crippen LogP contribution < -0.4 is 5.32 Å². The van der Waals surface area contributed by atoms with Crippen LogP contribution in [0.25, 0.3) is 0 Å². The number of nitrogens with one attached hydrogen (secondary N) is 1. The molecule has 1 aliphatic rings. The predicted molar refractivity (Wildman–Crippen MR) is 71.9 cm³/mol. The Bertz CT molecular complexity index is 389. The minimum absolute atomic E-state index is 0.108. The van der Waals surface area contributed by atoms with Gasteiger partial charge < -0.3 is 10.4 Å². The summed E-state index contributed by atoms with van der Waals surface area (Å²) in [5, 5.41) is 13.6. The van der Waals surface area contributed by atoms with Crippen molar-refractivity contribution < 1.29 is 5.11 Å². The molecule has 2 nitrogen and oxygen atoms in total. The van der Waals surface area contributed by atoms with Crippen molar-refractivity contribution in [2.24, 2.45) is 0 Å². The van der Waals surface area contributed by atoms with Crippen molar-refractivity contribution in [1.82, 2.24) is 5.32 Å². The Kier molecular flexibility index (Phi) is 4.31. The minimum atomic E-state index is 0.108. The van der Waals surface area contributed by atoms with E-state index in [1.54, 1.807) is 0 Å². The van der Waals surface area contributed by atoms with Crippen molar-refractivity contribution in [2.75, 3.05) is 19.7 Å². The van der Waals surface area contributed by atoms with Gasteiger partial charge in [-0.1, -0.05) is 29.3 Å². The molecule has 1 aromatic rings. The summed E-state index contributed by atoms with van der Waals surface area (Å²) < 4.78 is 0. The van der Waals surface area contributed by atoms with Crippen LogP contribution in [0.15, 0.2) is 18.2 Å². The summed E-state index contributed by atoms with van der Waals surface area (Å²) in [4.78, 5) is 0. The molecule has 1 unspecified atom stereocenters. The summed E-state index contributed by atoms with van der Waals surface area (Å²) in [6.45, 7) is 2.21. The van der Waals surface area contributed by atoms with Crippen LogP contribution in [0.1, 0.15) is 24.8 Å². The van der Waals surface area contributed by atoms with Crippen molar-refractivity contribution >= 4 is 23.2 Å². The Hall–Kier alpha value is -0.280. The molecule has 0 saturated carbocycles. The standard InChI is InChI=1S/C13H17Cl2NO/c14-11-3-2-10(8-12(11)15)13(4-1-7-17)5-6-16-9-13/h2-3,8,16-17H,1,4-7,9H2. The van der Waals surface area contributed by atoms with Crippen LogP contribution in [-0.4, -0.2) is 24.8 Å². The van der Waals surface area contributed by atoms with Crippen molar-refractivity contribution in [3.05, 3.63) is 33.8 Å². The second-order valence-electron chi connectivity index (χ2n) is 4.66. The van der Waals surface area contributed by atoms with Gasteiger partial charge in [0.25, 0.3) is 0 Å². The van der Waals surface area contributed by atoms with Crippen molar-refractivity contribution in [3.8, 4) is 0 Å². The van der Waals surface area contributed by atoms with Gasteiger partial charge in [-0.05, 0) is 43.5 Å². The third-order valence-electron chi connectivity index (χ3n) is 3.59. The van der Waals surface area contributed by atoms with Crippen LogP contribution in [0.3, 0.4) is 0 Å². The Morgan fingerprint density at radius 2 is 2.12 bits per heavy atom. The molecule has 0 spiro atoms. The zero-order chi connectivity index (χ0) is 12.3. The molecule has 1 saturated heterocycles. The van der Waals surface area contributed by atoms with Gasteiger partial charge in [0.05, 0.1) is 10.0 Å². The second kappa shape index (κ2) is 5.57. The molecule has 1 aliphatic heterocycles. The van der Waals surface area contributed by atoms with Crippen molar-refractivity contribution in [1.29, 1.82) is 0 Å². The van der Waals surface area contributed by atoms with Gasteiger partial charge in [0.15, 0.2) is 0 Å². The summed E-state index contributed by atoms with van der Waals surface area (Å²) in [7, 11) is 0. The highest BCUT2D eigenvalue weighted by Gasteiger charge is 2.35. The zero-order valence-corrected chi connectivity index (χ0v) is 11.2. The third-order valence-corrected chi connectivity index (χ3v) is 4.33. The lowest BCUT2D eigenvalue weighted by atomic mass is 9.76. The fraction of sp³-hybridized carbons (Fsp3) is 0.538. The first-order valence-electron chi connectivity index (χ1n) is 5.95. The van der Waals surface area contributed by atoms with Gasteiger partial charge >= 0.3 is 0 Å². The maximum absolute atomic E-state index is 9.02. The van der Waals surface area contributed by atoms with Crippen LogP contribution >= 0.6 is 23.2 Å². The van der Waals surface area contributed by atoms with Gasteiger partial charge in [-0.3, -0.25) is 0 Å². The molecule has 94 valence electrons. The molecule has 2 rings (SSSR count). The summed E-state index contributed by atoms with van der Waals surface area (Å²) in [6.07, 6.45) is 2.89. The van der Waals surface area contributed by atoms with E-state index in [1.807, 2.05) is 12.1 Å². The lowest BCUT2D eigenvalue weighted by Gasteiger charge is -2.29. The van der Waals surface area contributed by atoms with Crippen LogP contribution in [0.2, 0.25) is 10.0 Å². The molecule has 0 amide bonds. The SMILES string of the molecule is OCCCC1(c2ccc(Cl)c(Cl)c2)CCNC1. The topological polar surface area (TPSA) is 32.3 Å². The minimum Gasteiger partial charge on any atom is -0.396 e. The van der Waals surface area contributed by atoms with E-state index < -0.39 is 0 Å². The molecule has 1 aromatic carbocycles. The monoisotopic (exact) mass is 273 g/mol. The van der Waals surface area contributed by atoms with Crippen molar-refractivity contribution in [3.63, 3.8) is 0 Å². The normalized spacial score (nSPS) is 24.2. The van der Waals surface area contributed by atoms with E-state index >= 15 is 0 Å². The highest BCUT2D eigenvalue weighted by Crippen LogP contribution is 2.37. The van der Waals surface area contributed by atoms with Crippen LogP contribution in [0.4, 0.5) is 0 Å². The number of aliphatic hydroxyl groups is 1. The van der Waals surface area contributed by atoms with E-state index in [2.05, 4.69) is 11.4 Å². The molecule has 4 heteroatoms. The number of rotatable bonds is 4. The molecular formula is C13H17Cl2NO. The smallest absolute Gasteiger partial charge is 0.0595 e. The largest absolute Gasteiger partial charge is 0.396 e. The average molecular weight is 274 g/mol. The molecule has 17 heavy (non-hydrogen) atoms. The first-order chi connectivity index (χ1) is 8.18. The van der Waals surface area contributed by atoms with Gasteiger partial charge in [-0.25, -0.2) is 0 Å². The highest BCUT2D eigenvalue weighted by atomic mass is 35.5. The van der Waals surface area contributed by atoms with Crippen LogP contribution in [0.5, 0.6) is 0 Å². The quantitative estimate of drug-likeness (QED) is 0.884. The van der Waals surface area contributed by atoms with E-state index in [0.717, 1.165) is 32.4 Å². The summed E-state index contributed by atoms with van der Waals surface area (Å²) >= 11 is 12.0. The lowest BCUT2D eigenvalue weighted by molar-refractivity contribution is 0.264. The predicted octanol–water partition coefficient (Wildman–Crippen LogP) is 3.00. The van der Waals surface area contributed by atoms with Crippen LogP contribution in [0, 0.1) is 0 Å². The Labute approximate surface area is 112 Å². The average Bonchev–Trinajstić information content (AvgIpc) is 2.80. The van der Waals surface area contributed by atoms with Gasteiger partial charge in [0, 0.05) is 18.6 Å². The van der Waals surface area contributed by atoms with Gasteiger partial charge in [-0.15, -0.1) is 0 Å². The van der Waals surface area contributed by atoms with E-state index in [9.17, 15) is 0 Å². The molecule has 0 aromatic heterocycles. The molecule has 1 fully saturated rings. The molecule has 0 bridgehead atoms. The maximum atomic E-state index is 9.02. The number of benzene rings is 1. The zero-order valence-electron chi connectivity index (χ0n) is 9.68. The van der Waals surface area contributed by atoms with E-state index in [-0.39, 0.29) is 12.0 Å². The second-order valence-corrected chi connectivity index (χ2v) is 5.48. The van der Waals surface area contributed by atoms with Gasteiger partial charge in [0.1, 0.15) is 0 Å². The molecule has 1 heterocycles. The van der Waals surface area contributed by atoms with Crippen molar-refractivity contribution in [2.45, 2.75) is 24.7 Å². The third kappa shape index (κ3) is 2.76. The number of hydrogen-bond donors (Lipinski definition) is 2. The Morgan fingerprint density at radius 3 is 2.71 bits per heavy atom. The highest BCUT2D eigenvalue weighted by molar-refractivity contribution is 6.42. The molecular weight excluding hydrogens is 257 g/mol. The first kappa shape index (κ1) is 13.2. The number of aliphatic hydroxyl groups excluding tert-OH is 1. The fourth-order valence-corrected chi connectivity index (χ4v) is 2.89. The lowest BCUT2D eigenvalue weighted by Crippen LogP contribution is -2.29. The Morgan fingerprint density at radius 1 is 1.29 bits per heavy atom. The summed E-state index contributed by atoms with van der Waals surface area (Å²) in [5.41, 5.74) is 1.34. The van der Waals surface area contributed by atoms with E-state index in [4.69, 9.17) is 28.3 Å². The number of hydrogen-bond acceptors (Lipinski definition) is 2. The Balaban J connectivity index is 2.28. The molecule has 2 N–H and O–H groups in total. The molecule has 0 radical (unpaired) electrons. The molecule has 1 atom stereocenters. The summed E-state index contributed by atoms with van der Waals surface area (Å²) in [5.74, 6) is 0. The van der Waals surface area contributed by atoms with E-state index in [1.165, 1.54) is 5.56 Å². The number of halogens is 2. The van der Waals surface area contributed by atoms with Gasteiger partial charge in [-0.2, -0.15) is 0 Å². The molecule has 0 aliphatic carbocycles. The summed E-state index contributed by atoms with van der Waals surface area (Å²) in [6, 6.07) is 5.88. The van der Waals surface area contributed by atoms with Crippen LogP contribution in [-0.2, 0) is 5.41 Å². The van der Waals surface area contributed by atoms with E-state index in [0.29, 0.717) is 10.0 Å².